The minimum Gasteiger partial charge on any atom is -0.489 e. The molecule has 19 heavy (non-hydrogen) atoms. The zero-order valence-corrected chi connectivity index (χ0v) is 11.1. The summed E-state index contributed by atoms with van der Waals surface area (Å²) in [6.45, 7) is 4.03. The molecule has 2 amide bonds. The number of hydrogen-bond donors (Lipinski definition) is 3. The Hall–Kier alpha value is -1.82. The Morgan fingerprint density at radius 3 is 2.84 bits per heavy atom. The molecule has 0 saturated carbocycles. The number of anilines is 1. The summed E-state index contributed by atoms with van der Waals surface area (Å²) >= 11 is 0. The Balaban J connectivity index is 2.69. The van der Waals surface area contributed by atoms with Crippen LogP contribution in [0.4, 0.5) is 14.9 Å². The third-order valence-corrected chi connectivity index (χ3v) is 2.17. The lowest BCUT2D eigenvalue weighted by Crippen LogP contribution is -2.30. The molecule has 0 radical (unpaired) electrons. The lowest BCUT2D eigenvalue weighted by molar-refractivity contribution is 0.241. The van der Waals surface area contributed by atoms with E-state index in [2.05, 4.69) is 10.6 Å². The van der Waals surface area contributed by atoms with Crippen molar-refractivity contribution < 1.29 is 19.0 Å². The van der Waals surface area contributed by atoms with Gasteiger partial charge in [-0.2, -0.15) is 0 Å². The van der Waals surface area contributed by atoms with E-state index in [-0.39, 0.29) is 18.4 Å². The smallest absolute Gasteiger partial charge is 0.319 e. The van der Waals surface area contributed by atoms with E-state index in [1.54, 1.807) is 0 Å². The molecule has 0 aliphatic carbocycles. The summed E-state index contributed by atoms with van der Waals surface area (Å²) in [5, 5.41) is 13.7. The number of rotatable bonds is 6. The SMILES string of the molecule is CC(C)Oc1ccc(F)cc1NC(=O)NCCCO. The summed E-state index contributed by atoms with van der Waals surface area (Å²) < 4.78 is 18.7. The van der Waals surface area contributed by atoms with Gasteiger partial charge >= 0.3 is 6.03 Å². The van der Waals surface area contributed by atoms with Gasteiger partial charge in [0.15, 0.2) is 0 Å². The minimum absolute atomic E-state index is 0.00194. The molecule has 3 N–H and O–H groups in total. The number of ether oxygens (including phenoxy) is 1. The van der Waals surface area contributed by atoms with Crippen molar-refractivity contribution >= 4 is 11.7 Å². The molecule has 1 rings (SSSR count). The lowest BCUT2D eigenvalue weighted by atomic mass is 10.2. The number of amides is 2. The number of aliphatic hydroxyl groups is 1. The molecule has 1 aromatic carbocycles. The van der Waals surface area contributed by atoms with Crippen molar-refractivity contribution in [1.82, 2.24) is 5.32 Å². The highest BCUT2D eigenvalue weighted by Gasteiger charge is 2.10. The van der Waals surface area contributed by atoms with Gasteiger partial charge in [-0.1, -0.05) is 0 Å². The van der Waals surface area contributed by atoms with Gasteiger partial charge in [0.25, 0.3) is 0 Å². The first-order chi connectivity index (χ1) is 9.02. The molecule has 0 saturated heterocycles. The zero-order chi connectivity index (χ0) is 14.3. The van der Waals surface area contributed by atoms with Crippen LogP contribution in [0.15, 0.2) is 18.2 Å². The van der Waals surface area contributed by atoms with Crippen molar-refractivity contribution in [2.75, 3.05) is 18.5 Å². The van der Waals surface area contributed by atoms with E-state index in [4.69, 9.17) is 9.84 Å². The fourth-order valence-corrected chi connectivity index (χ4v) is 1.40. The van der Waals surface area contributed by atoms with Crippen molar-refractivity contribution in [2.45, 2.75) is 26.4 Å². The first-order valence-corrected chi connectivity index (χ1v) is 6.15. The first-order valence-electron chi connectivity index (χ1n) is 6.15. The number of aliphatic hydroxyl groups excluding tert-OH is 1. The number of carbonyl (C=O) groups is 1. The molecule has 0 bridgehead atoms. The number of halogens is 1. The van der Waals surface area contributed by atoms with Gasteiger partial charge in [0.1, 0.15) is 11.6 Å². The van der Waals surface area contributed by atoms with Gasteiger partial charge in [0.05, 0.1) is 11.8 Å². The minimum atomic E-state index is -0.465. The number of nitrogens with one attached hydrogen (secondary N) is 2. The third-order valence-electron chi connectivity index (χ3n) is 2.17. The first kappa shape index (κ1) is 15.2. The molecule has 0 aliphatic heterocycles. The van der Waals surface area contributed by atoms with E-state index in [0.717, 1.165) is 0 Å². The average Bonchev–Trinajstić information content (AvgIpc) is 2.32. The Morgan fingerprint density at radius 2 is 2.21 bits per heavy atom. The van der Waals surface area contributed by atoms with Gasteiger partial charge in [0, 0.05) is 19.2 Å². The highest BCUT2D eigenvalue weighted by Crippen LogP contribution is 2.26. The van der Waals surface area contributed by atoms with Crippen LogP contribution in [-0.2, 0) is 0 Å². The van der Waals surface area contributed by atoms with Crippen molar-refractivity contribution in [3.8, 4) is 5.75 Å². The van der Waals surface area contributed by atoms with Crippen molar-refractivity contribution in [2.24, 2.45) is 0 Å². The van der Waals surface area contributed by atoms with Gasteiger partial charge in [-0.3, -0.25) is 0 Å². The van der Waals surface area contributed by atoms with Crippen LogP contribution in [0.5, 0.6) is 5.75 Å². The van der Waals surface area contributed by atoms with Gasteiger partial charge in [0.2, 0.25) is 0 Å². The Labute approximate surface area is 111 Å². The molecule has 0 spiro atoms. The lowest BCUT2D eigenvalue weighted by Gasteiger charge is -2.15. The largest absolute Gasteiger partial charge is 0.489 e. The number of hydrogen-bond acceptors (Lipinski definition) is 3. The predicted octanol–water partition coefficient (Wildman–Crippen LogP) is 2.12. The summed E-state index contributed by atoms with van der Waals surface area (Å²) in [6, 6.07) is 3.47. The molecule has 1 aromatic rings. The quantitative estimate of drug-likeness (QED) is 0.693. The molecule has 0 heterocycles. The van der Waals surface area contributed by atoms with Crippen LogP contribution in [0.2, 0.25) is 0 Å². The number of benzene rings is 1. The summed E-state index contributed by atoms with van der Waals surface area (Å²) in [6.07, 6.45) is 0.384. The van der Waals surface area contributed by atoms with Crippen LogP contribution >= 0.6 is 0 Å². The maximum atomic E-state index is 13.2. The monoisotopic (exact) mass is 270 g/mol. The van der Waals surface area contributed by atoms with E-state index in [9.17, 15) is 9.18 Å². The van der Waals surface area contributed by atoms with Crippen molar-refractivity contribution in [1.29, 1.82) is 0 Å². The van der Waals surface area contributed by atoms with Crippen LogP contribution in [0, 0.1) is 5.82 Å². The fraction of sp³-hybridized carbons (Fsp3) is 0.462. The average molecular weight is 270 g/mol. The topological polar surface area (TPSA) is 70.6 Å². The molecular weight excluding hydrogens is 251 g/mol. The van der Waals surface area contributed by atoms with Crippen LogP contribution in [0.3, 0.4) is 0 Å². The molecule has 5 nitrogen and oxygen atoms in total. The molecule has 0 fully saturated rings. The van der Waals surface area contributed by atoms with Crippen molar-refractivity contribution in [3.63, 3.8) is 0 Å². The summed E-state index contributed by atoms with van der Waals surface area (Å²) in [7, 11) is 0. The van der Waals surface area contributed by atoms with Gasteiger partial charge < -0.3 is 20.5 Å². The standard InChI is InChI=1S/C13H19FN2O3/c1-9(2)19-12-5-4-10(14)8-11(12)16-13(18)15-6-3-7-17/h4-5,8-9,17H,3,6-7H2,1-2H3,(H2,15,16,18). The second-order valence-corrected chi connectivity index (χ2v) is 4.27. The second kappa shape index (κ2) is 7.58. The van der Waals surface area contributed by atoms with Crippen LogP contribution in [-0.4, -0.2) is 30.4 Å². The highest BCUT2D eigenvalue weighted by molar-refractivity contribution is 5.90. The molecule has 0 unspecified atom stereocenters. The Kier molecular flexibility index (Phi) is 6.08. The van der Waals surface area contributed by atoms with Gasteiger partial charge in [-0.15, -0.1) is 0 Å². The molecular formula is C13H19FN2O3. The summed E-state index contributed by atoms with van der Waals surface area (Å²) in [4.78, 5) is 11.6. The molecule has 0 aliphatic rings. The second-order valence-electron chi connectivity index (χ2n) is 4.27. The zero-order valence-electron chi connectivity index (χ0n) is 11.1. The highest BCUT2D eigenvalue weighted by atomic mass is 19.1. The van der Waals surface area contributed by atoms with E-state index < -0.39 is 11.8 Å². The third kappa shape index (κ3) is 5.56. The van der Waals surface area contributed by atoms with E-state index in [1.165, 1.54) is 18.2 Å². The van der Waals surface area contributed by atoms with Gasteiger partial charge in [-0.25, -0.2) is 9.18 Å². The van der Waals surface area contributed by atoms with Crippen molar-refractivity contribution in [3.05, 3.63) is 24.0 Å². The molecule has 0 aromatic heterocycles. The van der Waals surface area contributed by atoms with Gasteiger partial charge in [-0.05, 0) is 32.4 Å². The Bertz CT molecular complexity index is 424. The van der Waals surface area contributed by atoms with E-state index in [1.807, 2.05) is 13.8 Å². The maximum absolute atomic E-state index is 13.2. The van der Waals surface area contributed by atoms with Crippen LogP contribution in [0.1, 0.15) is 20.3 Å². The number of carbonyl (C=O) groups excluding carboxylic acids is 1. The summed E-state index contributed by atoms with van der Waals surface area (Å²) in [5.74, 6) is -0.0459. The Morgan fingerprint density at radius 1 is 1.47 bits per heavy atom. The summed E-state index contributed by atoms with van der Waals surface area (Å²) in [5.41, 5.74) is 0.273. The fourth-order valence-electron chi connectivity index (χ4n) is 1.40. The normalized spacial score (nSPS) is 10.4. The molecule has 6 heteroatoms. The molecule has 0 atom stereocenters. The van der Waals surface area contributed by atoms with Crippen LogP contribution < -0.4 is 15.4 Å². The number of urea groups is 1. The van der Waals surface area contributed by atoms with Crippen LogP contribution in [0.25, 0.3) is 0 Å². The van der Waals surface area contributed by atoms with E-state index in [0.29, 0.717) is 18.7 Å². The molecule has 106 valence electrons. The van der Waals surface area contributed by atoms with E-state index >= 15 is 0 Å². The predicted molar refractivity (Wildman–Crippen MR) is 70.9 cm³/mol. The maximum Gasteiger partial charge on any atom is 0.319 e.